The van der Waals surface area contributed by atoms with E-state index < -0.39 is 0 Å². The van der Waals surface area contributed by atoms with Crippen LogP contribution in [0.5, 0.6) is 11.5 Å². The number of hydrogen-bond acceptors (Lipinski definition) is 6. The van der Waals surface area contributed by atoms with E-state index in [4.69, 9.17) is 0 Å². The Morgan fingerprint density at radius 3 is 2.33 bits per heavy atom. The number of aldehydes is 1. The summed E-state index contributed by atoms with van der Waals surface area (Å²) in [7, 11) is 1.60. The molecule has 130 valence electrons. The second-order valence-corrected chi connectivity index (χ2v) is 4.63. The number of carbonyl (C=O) groups excluding carboxylic acids is 2. The van der Waals surface area contributed by atoms with Crippen molar-refractivity contribution in [2.45, 2.75) is 6.92 Å². The Morgan fingerprint density at radius 2 is 1.88 bits per heavy atom. The van der Waals surface area contributed by atoms with E-state index in [0.29, 0.717) is 25.1 Å². The van der Waals surface area contributed by atoms with E-state index in [-0.39, 0.29) is 29.7 Å². The lowest BCUT2D eigenvalue weighted by atomic mass is 10.3. The Bertz CT molecular complexity index is 670. The van der Waals surface area contributed by atoms with Gasteiger partial charge in [-0.2, -0.15) is 0 Å². The van der Waals surface area contributed by atoms with Crippen LogP contribution in [0.1, 0.15) is 6.92 Å². The van der Waals surface area contributed by atoms with Crippen LogP contribution in [0, 0.1) is 5.82 Å². The van der Waals surface area contributed by atoms with Crippen molar-refractivity contribution in [3.8, 4) is 17.2 Å². The zero-order chi connectivity index (χ0) is 18.1. The molecule has 0 aliphatic heterocycles. The van der Waals surface area contributed by atoms with Crippen molar-refractivity contribution in [3.63, 3.8) is 0 Å². The molecule has 0 saturated carbocycles. The fraction of sp³-hybridized carbons (Fsp3) is 0.250. The first-order chi connectivity index (χ1) is 11.5. The summed E-state index contributed by atoms with van der Waals surface area (Å²) in [5.41, 5.74) is 0.560. The van der Waals surface area contributed by atoms with Gasteiger partial charge in [0.2, 0.25) is 5.75 Å². The van der Waals surface area contributed by atoms with Crippen molar-refractivity contribution in [2.75, 3.05) is 25.1 Å². The zero-order valence-electron chi connectivity index (χ0n) is 13.3. The molecular weight excluding hydrogens is 319 g/mol. The number of halogens is 1. The Labute approximate surface area is 138 Å². The Morgan fingerprint density at radius 1 is 1.25 bits per heavy atom. The number of anilines is 1. The molecule has 2 N–H and O–H groups in total. The highest BCUT2D eigenvalue weighted by molar-refractivity contribution is 5.68. The van der Waals surface area contributed by atoms with E-state index in [9.17, 15) is 24.2 Å². The van der Waals surface area contributed by atoms with E-state index >= 15 is 0 Å². The van der Waals surface area contributed by atoms with Crippen molar-refractivity contribution in [3.05, 3.63) is 36.3 Å². The first-order valence-electron chi connectivity index (χ1n) is 7.05. The number of hydrogen-bond donors (Lipinski definition) is 2. The predicted octanol–water partition coefficient (Wildman–Crippen LogP) is 1.84. The molecule has 0 aliphatic carbocycles. The van der Waals surface area contributed by atoms with Gasteiger partial charge in [0.25, 0.3) is 6.47 Å². The maximum Gasteiger partial charge on any atom is 0.293 e. The number of aromatic nitrogens is 1. The monoisotopic (exact) mass is 338 g/mol. The van der Waals surface area contributed by atoms with Crippen LogP contribution in [0.4, 0.5) is 10.2 Å². The maximum atomic E-state index is 12.9. The van der Waals surface area contributed by atoms with Crippen molar-refractivity contribution in [1.29, 1.82) is 0 Å². The molecule has 2 rings (SSSR count). The lowest BCUT2D eigenvalue weighted by Gasteiger charge is -2.19. The van der Waals surface area contributed by atoms with Gasteiger partial charge in [0.15, 0.2) is 11.6 Å². The smallest absolute Gasteiger partial charge is 0.293 e. The molecule has 0 saturated heterocycles. The average molecular weight is 338 g/mol. The van der Waals surface area contributed by atoms with Gasteiger partial charge in [-0.05, 0) is 31.2 Å². The summed E-state index contributed by atoms with van der Waals surface area (Å²) >= 11 is 0. The molecule has 2 aromatic rings. The van der Waals surface area contributed by atoms with E-state index in [0.717, 1.165) is 0 Å². The molecule has 0 spiro atoms. The predicted molar refractivity (Wildman–Crippen MR) is 86.1 cm³/mol. The van der Waals surface area contributed by atoms with Crippen LogP contribution in [0.25, 0.3) is 5.69 Å². The normalized spacial score (nSPS) is 9.62. The van der Waals surface area contributed by atoms with Crippen LogP contribution >= 0.6 is 0 Å². The largest absolute Gasteiger partial charge is 0.503 e. The van der Waals surface area contributed by atoms with E-state index in [2.05, 4.69) is 4.74 Å². The van der Waals surface area contributed by atoms with Crippen molar-refractivity contribution >= 4 is 18.6 Å². The second-order valence-electron chi connectivity index (χ2n) is 4.63. The molecule has 0 amide bonds. The van der Waals surface area contributed by atoms with Gasteiger partial charge in [-0.3, -0.25) is 9.36 Å². The number of nitrogens with zero attached hydrogens (tertiary/aromatic N) is 2. The Hall–Kier alpha value is -3.03. The third kappa shape index (κ3) is 4.73. The third-order valence-electron chi connectivity index (χ3n) is 2.98. The standard InChI is InChI=1S/C13H13FN2O3.C3H6O2/c1-15(6-7-17)13-12(19)11(18)8-16(13)10-4-2-9(14)3-5-10;1-2-5-3-4/h2-5,7-8,18-19H,6H2,1H3;3H,2H2,1H3. The van der Waals surface area contributed by atoms with Gasteiger partial charge in [-0.25, -0.2) is 4.39 Å². The highest BCUT2D eigenvalue weighted by Crippen LogP contribution is 2.39. The zero-order valence-corrected chi connectivity index (χ0v) is 13.3. The molecule has 1 heterocycles. The van der Waals surface area contributed by atoms with Crippen LogP contribution < -0.4 is 4.90 Å². The molecule has 0 atom stereocenters. The molecule has 0 unspecified atom stereocenters. The second kappa shape index (κ2) is 9.19. The number of rotatable bonds is 6. The van der Waals surface area contributed by atoms with Crippen LogP contribution in [0.3, 0.4) is 0 Å². The quantitative estimate of drug-likeness (QED) is 0.781. The minimum Gasteiger partial charge on any atom is -0.503 e. The Kier molecular flexibility index (Phi) is 7.28. The van der Waals surface area contributed by atoms with Crippen LogP contribution in [0.2, 0.25) is 0 Å². The van der Waals surface area contributed by atoms with Crippen LogP contribution in [0.15, 0.2) is 30.5 Å². The molecule has 7 nitrogen and oxygen atoms in total. The van der Waals surface area contributed by atoms with Crippen molar-refractivity contribution in [1.82, 2.24) is 4.57 Å². The van der Waals surface area contributed by atoms with Gasteiger partial charge in [-0.15, -0.1) is 0 Å². The minimum atomic E-state index is -0.382. The van der Waals surface area contributed by atoms with Gasteiger partial charge < -0.3 is 24.6 Å². The number of aromatic hydroxyl groups is 2. The molecule has 0 bridgehead atoms. The Balaban J connectivity index is 0.000000505. The molecule has 0 radical (unpaired) electrons. The number of benzene rings is 1. The molecule has 0 aliphatic rings. The van der Waals surface area contributed by atoms with Crippen molar-refractivity contribution < 1.29 is 28.9 Å². The van der Waals surface area contributed by atoms with Gasteiger partial charge in [0, 0.05) is 12.7 Å². The summed E-state index contributed by atoms with van der Waals surface area (Å²) in [6, 6.07) is 5.55. The summed E-state index contributed by atoms with van der Waals surface area (Å²) in [6.07, 6.45) is 1.98. The highest BCUT2D eigenvalue weighted by Gasteiger charge is 2.19. The highest BCUT2D eigenvalue weighted by atomic mass is 19.1. The summed E-state index contributed by atoms with van der Waals surface area (Å²) < 4.78 is 18.5. The number of likely N-dealkylation sites (N-methyl/N-ethyl adjacent to an activating group) is 1. The van der Waals surface area contributed by atoms with Gasteiger partial charge >= 0.3 is 0 Å². The first-order valence-corrected chi connectivity index (χ1v) is 7.05. The summed E-state index contributed by atoms with van der Waals surface area (Å²) in [6.45, 7) is 2.72. The lowest BCUT2D eigenvalue weighted by Crippen LogP contribution is -2.22. The van der Waals surface area contributed by atoms with E-state index in [1.807, 2.05) is 0 Å². The SMILES string of the molecule is CCOC=O.CN(CC=O)c1c(O)c(O)cn1-c1ccc(F)cc1. The van der Waals surface area contributed by atoms with Gasteiger partial charge in [0.05, 0.1) is 19.3 Å². The van der Waals surface area contributed by atoms with Gasteiger partial charge in [-0.1, -0.05) is 0 Å². The summed E-state index contributed by atoms with van der Waals surface area (Å²) in [5, 5.41) is 19.4. The molecule has 1 aromatic carbocycles. The van der Waals surface area contributed by atoms with Gasteiger partial charge in [0.1, 0.15) is 12.1 Å². The average Bonchev–Trinajstić information content (AvgIpc) is 2.85. The number of carbonyl (C=O) groups is 2. The summed E-state index contributed by atoms with van der Waals surface area (Å²) in [4.78, 5) is 21.2. The molecular formula is C16H19FN2O5. The fourth-order valence-electron chi connectivity index (χ4n) is 1.90. The first kappa shape index (κ1) is 19.0. The number of ether oxygens (including phenoxy) is 1. The fourth-order valence-corrected chi connectivity index (χ4v) is 1.90. The van der Waals surface area contributed by atoms with E-state index in [1.165, 1.54) is 39.9 Å². The topological polar surface area (TPSA) is 92.0 Å². The van der Waals surface area contributed by atoms with Crippen LogP contribution in [-0.2, 0) is 14.3 Å². The van der Waals surface area contributed by atoms with E-state index in [1.54, 1.807) is 14.0 Å². The van der Waals surface area contributed by atoms with Crippen molar-refractivity contribution in [2.24, 2.45) is 0 Å². The third-order valence-corrected chi connectivity index (χ3v) is 2.98. The van der Waals surface area contributed by atoms with Crippen LogP contribution in [-0.4, -0.2) is 47.7 Å². The maximum absolute atomic E-state index is 12.9. The molecule has 8 heteroatoms. The molecule has 24 heavy (non-hydrogen) atoms. The minimum absolute atomic E-state index is 0.0538. The lowest BCUT2D eigenvalue weighted by molar-refractivity contribution is -0.128. The molecule has 0 fully saturated rings. The molecule has 1 aromatic heterocycles. The summed E-state index contributed by atoms with van der Waals surface area (Å²) in [5.74, 6) is -0.755.